The molecule has 0 aliphatic carbocycles. The molecule has 1 fully saturated rings. The van der Waals surface area contributed by atoms with Crippen molar-refractivity contribution in [1.29, 1.82) is 5.26 Å². The monoisotopic (exact) mass is 550 g/mol. The summed E-state index contributed by atoms with van der Waals surface area (Å²) in [5.74, 6) is -3.81. The Bertz CT molecular complexity index is 1300. The van der Waals surface area contributed by atoms with Gasteiger partial charge in [-0.3, -0.25) is 4.52 Å². The third-order valence-electron chi connectivity index (χ3n) is 4.21. The largest absolute Gasteiger partial charge is 0.490 e. The number of aromatic nitrogens is 4. The molecule has 3 heterocycles. The number of hydrogen-bond acceptors (Lipinski definition) is 14. The molecule has 1 aliphatic heterocycles. The highest BCUT2D eigenvalue weighted by atomic mass is 31.3. The van der Waals surface area contributed by atoms with E-state index in [0.717, 1.165) is 17.0 Å². The number of hydrogen-bond donors (Lipinski definition) is 7. The highest BCUT2D eigenvalue weighted by molar-refractivity contribution is 7.66. The molecule has 0 bridgehead atoms. The Labute approximate surface area is 186 Å². The molecule has 188 valence electrons. The van der Waals surface area contributed by atoms with Gasteiger partial charge in [-0.2, -0.15) is 19.0 Å². The number of ether oxygens (including phenoxy) is 1. The van der Waals surface area contributed by atoms with E-state index in [0.29, 0.717) is 0 Å². The number of nitriles is 1. The number of phosphoric acid groups is 3. The number of aliphatic hydroxyl groups excluding tert-OH is 2. The van der Waals surface area contributed by atoms with E-state index in [1.807, 2.05) is 0 Å². The van der Waals surface area contributed by atoms with Crippen molar-refractivity contribution < 1.29 is 65.8 Å². The van der Waals surface area contributed by atoms with E-state index in [4.69, 9.17) is 25.2 Å². The molecule has 0 spiro atoms. The van der Waals surface area contributed by atoms with Gasteiger partial charge in [0, 0.05) is 0 Å². The van der Waals surface area contributed by atoms with Crippen LogP contribution in [0.2, 0.25) is 0 Å². The molecule has 6 atom stereocenters. The summed E-state index contributed by atoms with van der Waals surface area (Å²) >= 11 is 0. The third-order valence-corrected chi connectivity index (χ3v) is 7.99. The zero-order valence-electron chi connectivity index (χ0n) is 16.1. The van der Waals surface area contributed by atoms with E-state index in [-0.39, 0.29) is 11.5 Å². The van der Waals surface area contributed by atoms with Crippen LogP contribution in [0.3, 0.4) is 0 Å². The maximum absolute atomic E-state index is 15.4. The Morgan fingerprint density at radius 2 is 1.82 bits per heavy atom. The lowest BCUT2D eigenvalue weighted by Crippen LogP contribution is -2.43. The molecule has 23 heteroatoms. The van der Waals surface area contributed by atoms with Gasteiger partial charge in [0.05, 0.1) is 6.20 Å². The Morgan fingerprint density at radius 1 is 1.18 bits per heavy atom. The summed E-state index contributed by atoms with van der Waals surface area (Å²) in [6, 6.07) is 1.44. The predicted molar refractivity (Wildman–Crippen MR) is 99.2 cm³/mol. The topological polar surface area (TPSA) is 302 Å². The lowest BCUT2D eigenvalue weighted by molar-refractivity contribution is -0.209. The Morgan fingerprint density at radius 3 is 2.41 bits per heavy atom. The minimum atomic E-state index is -5.92. The second kappa shape index (κ2) is 8.62. The molecule has 8 N–H and O–H groups in total. The quantitative estimate of drug-likeness (QED) is 0.178. The summed E-state index contributed by atoms with van der Waals surface area (Å²) in [4.78, 5) is 43.1. The van der Waals surface area contributed by atoms with E-state index in [2.05, 4.69) is 28.2 Å². The molecule has 1 saturated heterocycles. The fraction of sp³-hybridized carbons (Fsp3) is 0.455. The molecule has 34 heavy (non-hydrogen) atoms. The van der Waals surface area contributed by atoms with Crippen LogP contribution in [0.5, 0.6) is 0 Å². The smallest absolute Gasteiger partial charge is 0.386 e. The first-order valence-electron chi connectivity index (χ1n) is 8.35. The zero-order chi connectivity index (χ0) is 25.7. The number of aliphatic hydroxyl groups is 2. The average molecular weight is 550 g/mol. The molecule has 2 unspecified atom stereocenters. The molecule has 1 aliphatic rings. The van der Waals surface area contributed by atoms with Crippen LogP contribution in [0.15, 0.2) is 12.5 Å². The highest BCUT2D eigenvalue weighted by Crippen LogP contribution is 2.66. The maximum Gasteiger partial charge on any atom is 0.490 e. The van der Waals surface area contributed by atoms with Gasteiger partial charge in [-0.25, -0.2) is 32.6 Å². The number of imidazole rings is 1. The van der Waals surface area contributed by atoms with Crippen LogP contribution < -0.4 is 5.73 Å². The van der Waals surface area contributed by atoms with Crippen LogP contribution in [-0.4, -0.2) is 74.0 Å². The number of anilines is 1. The second-order valence-corrected chi connectivity index (χ2v) is 10.9. The standard InChI is InChI=1S/C11H14FN6O13P3/c12-11(3-28-33(24,25)31-34(26,27)30-32(21,22)23)7(20)6(19)10(2-13,29-11)5-1-15-9-8(14)16-4-17-18(5)9/h1,4,6-7,19-20H,3H2,(H,24,25)(H,26,27)(H2,14,16,17)(H2,21,22,23)/t6-,7+,10+,11-/m1/s1. The fourth-order valence-corrected chi connectivity index (χ4v) is 5.91. The molecule has 0 aromatic carbocycles. The van der Waals surface area contributed by atoms with Crippen LogP contribution in [0.25, 0.3) is 5.65 Å². The molecule has 0 saturated carbocycles. The second-order valence-electron chi connectivity index (χ2n) is 6.51. The van der Waals surface area contributed by atoms with Crippen molar-refractivity contribution in [3.05, 3.63) is 18.2 Å². The molecule has 0 amide bonds. The molecular formula is C11H14FN6O13P3. The van der Waals surface area contributed by atoms with Gasteiger partial charge in [-0.05, 0) is 0 Å². The number of nitrogen functional groups attached to an aromatic ring is 1. The van der Waals surface area contributed by atoms with E-state index in [1.165, 1.54) is 6.07 Å². The average Bonchev–Trinajstić information content (AvgIpc) is 3.20. The zero-order valence-corrected chi connectivity index (χ0v) is 18.8. The summed E-state index contributed by atoms with van der Waals surface area (Å²) < 4.78 is 66.0. The van der Waals surface area contributed by atoms with Gasteiger partial charge in [-0.15, -0.1) is 0 Å². The maximum atomic E-state index is 15.4. The first-order chi connectivity index (χ1) is 15.5. The Kier molecular flexibility index (Phi) is 6.76. The van der Waals surface area contributed by atoms with Gasteiger partial charge in [-0.1, -0.05) is 0 Å². The van der Waals surface area contributed by atoms with Crippen molar-refractivity contribution in [2.75, 3.05) is 12.3 Å². The van der Waals surface area contributed by atoms with Gasteiger partial charge in [0.25, 0.3) is 5.85 Å². The molecule has 3 rings (SSSR count). The molecule has 2 aromatic heterocycles. The van der Waals surface area contributed by atoms with E-state index in [9.17, 15) is 34.1 Å². The molecular weight excluding hydrogens is 536 g/mol. The van der Waals surface area contributed by atoms with Crippen molar-refractivity contribution in [3.63, 3.8) is 0 Å². The number of phosphoric ester groups is 1. The summed E-state index contributed by atoms with van der Waals surface area (Å²) in [7, 11) is -17.4. The van der Waals surface area contributed by atoms with Gasteiger partial charge in [0.15, 0.2) is 11.5 Å². The normalized spacial score (nSPS) is 31.1. The Hall–Kier alpha value is -1.94. The Balaban J connectivity index is 1.87. The molecule has 0 radical (unpaired) electrons. The fourth-order valence-electron chi connectivity index (χ4n) is 2.87. The molecule has 2 aromatic rings. The minimum absolute atomic E-state index is 0.137. The van der Waals surface area contributed by atoms with Crippen molar-refractivity contribution in [1.82, 2.24) is 19.6 Å². The first kappa shape index (κ1) is 26.7. The summed E-state index contributed by atoms with van der Waals surface area (Å²) in [6.07, 6.45) is -3.20. The highest BCUT2D eigenvalue weighted by Gasteiger charge is 2.66. The first-order valence-corrected chi connectivity index (χ1v) is 12.9. The van der Waals surface area contributed by atoms with Gasteiger partial charge in [0.1, 0.15) is 36.9 Å². The number of nitrogens with two attached hydrogens (primary N) is 1. The summed E-state index contributed by atoms with van der Waals surface area (Å²) in [6.45, 7) is -1.81. The lowest BCUT2D eigenvalue weighted by Gasteiger charge is -2.25. The number of alkyl halides is 1. The molecule has 19 nitrogen and oxygen atoms in total. The van der Waals surface area contributed by atoms with Crippen molar-refractivity contribution in [2.24, 2.45) is 0 Å². The minimum Gasteiger partial charge on any atom is -0.386 e. The van der Waals surface area contributed by atoms with E-state index >= 15 is 4.39 Å². The van der Waals surface area contributed by atoms with Crippen molar-refractivity contribution in [3.8, 4) is 6.07 Å². The van der Waals surface area contributed by atoms with Gasteiger partial charge >= 0.3 is 23.5 Å². The summed E-state index contributed by atoms with van der Waals surface area (Å²) in [5, 5.41) is 34.0. The SMILES string of the molecule is N#C[C@@]1(c2cnc3c(N)ncnn23)O[C@](F)(COP(=O)(O)OP(=O)(O)OP(=O)(O)O)[C@@H](O)[C@H]1O. The summed E-state index contributed by atoms with van der Waals surface area (Å²) in [5.41, 5.74) is 2.29. The lowest BCUT2D eigenvalue weighted by atomic mass is 9.92. The number of nitrogens with zero attached hydrogens (tertiary/aromatic N) is 5. The predicted octanol–water partition coefficient (Wildman–Crippen LogP) is -1.81. The van der Waals surface area contributed by atoms with Crippen LogP contribution in [0, 0.1) is 11.3 Å². The van der Waals surface area contributed by atoms with E-state index < -0.39 is 59.4 Å². The van der Waals surface area contributed by atoms with Crippen LogP contribution in [0.1, 0.15) is 5.69 Å². The number of halogens is 1. The van der Waals surface area contributed by atoms with Crippen molar-refractivity contribution >= 4 is 34.9 Å². The van der Waals surface area contributed by atoms with Crippen LogP contribution >= 0.6 is 23.5 Å². The number of fused-ring (bicyclic) bond motifs is 1. The van der Waals surface area contributed by atoms with Crippen molar-refractivity contribution in [2.45, 2.75) is 23.7 Å². The van der Waals surface area contributed by atoms with Crippen LogP contribution in [-0.2, 0) is 37.2 Å². The number of rotatable bonds is 8. The van der Waals surface area contributed by atoms with Crippen LogP contribution in [0.4, 0.5) is 10.2 Å². The van der Waals surface area contributed by atoms with Gasteiger partial charge in [0.2, 0.25) is 5.60 Å². The van der Waals surface area contributed by atoms with Gasteiger partial charge < -0.3 is 40.3 Å². The third kappa shape index (κ3) is 5.03. The van der Waals surface area contributed by atoms with E-state index in [1.54, 1.807) is 0 Å².